The number of carbonyl (C=O) groups excluding carboxylic acids is 1. The third-order valence-electron chi connectivity index (χ3n) is 1.44. The first-order valence-electron chi connectivity index (χ1n) is 3.71. The predicted molar refractivity (Wildman–Crippen MR) is 41.0 cm³/mol. The van der Waals surface area contributed by atoms with Gasteiger partial charge in [0.05, 0.1) is 12.6 Å². The molecule has 2 unspecified atom stereocenters. The highest BCUT2D eigenvalue weighted by Gasteiger charge is 2.12. The third kappa shape index (κ3) is 3.95. The second-order valence-electron chi connectivity index (χ2n) is 2.47. The van der Waals surface area contributed by atoms with Crippen LogP contribution in [0.2, 0.25) is 0 Å². The number of aliphatic hydroxyl groups excluding tert-OH is 2. The number of hydrogen-bond acceptors (Lipinski definition) is 3. The van der Waals surface area contributed by atoms with E-state index in [0.717, 1.165) is 0 Å². The molecule has 0 radical (unpaired) electrons. The maximum absolute atomic E-state index is 10.8. The van der Waals surface area contributed by atoms with Crippen LogP contribution in [0.4, 0.5) is 0 Å². The summed E-state index contributed by atoms with van der Waals surface area (Å²) in [6.45, 7) is 3.15. The molecule has 0 heterocycles. The predicted octanol–water partition coefficient (Wildman–Crippen LogP) is -0.746. The summed E-state index contributed by atoms with van der Waals surface area (Å²) in [6, 6.07) is -0.239. The largest absolute Gasteiger partial charge is 0.394 e. The summed E-state index contributed by atoms with van der Waals surface area (Å²) in [5, 5.41) is 19.9. The van der Waals surface area contributed by atoms with Crippen LogP contribution >= 0.6 is 0 Å². The number of rotatable bonds is 4. The van der Waals surface area contributed by atoms with Gasteiger partial charge in [0.1, 0.15) is 6.10 Å². The summed E-state index contributed by atoms with van der Waals surface area (Å²) in [5.74, 6) is -0.439. The minimum absolute atomic E-state index is 0.0883. The Kier molecular flexibility index (Phi) is 4.81. The molecule has 0 aromatic heterocycles. The summed E-state index contributed by atoms with van der Waals surface area (Å²) in [5.41, 5.74) is 0. The number of aliphatic hydroxyl groups is 2. The molecule has 0 spiro atoms. The Hall–Kier alpha value is -0.610. The standard InChI is InChI=1S/C7H15NO3/c1-3-6(4-9)8-7(11)5(2)10/h5-6,9-10H,3-4H2,1-2H3,(H,8,11). The Labute approximate surface area is 66.2 Å². The van der Waals surface area contributed by atoms with Gasteiger partial charge >= 0.3 is 0 Å². The maximum atomic E-state index is 10.8. The zero-order valence-electron chi connectivity index (χ0n) is 6.87. The van der Waals surface area contributed by atoms with Gasteiger partial charge in [-0.2, -0.15) is 0 Å². The highest BCUT2D eigenvalue weighted by molar-refractivity contribution is 5.80. The van der Waals surface area contributed by atoms with Crippen molar-refractivity contribution in [3.63, 3.8) is 0 Å². The van der Waals surface area contributed by atoms with Gasteiger partial charge in [0.25, 0.3) is 0 Å². The first kappa shape index (κ1) is 10.4. The maximum Gasteiger partial charge on any atom is 0.248 e. The van der Waals surface area contributed by atoms with Gasteiger partial charge in [-0.15, -0.1) is 0 Å². The fourth-order valence-electron chi connectivity index (χ4n) is 0.599. The Morgan fingerprint density at radius 2 is 2.18 bits per heavy atom. The van der Waals surface area contributed by atoms with Gasteiger partial charge in [0, 0.05) is 0 Å². The van der Waals surface area contributed by atoms with E-state index in [9.17, 15) is 4.79 Å². The van der Waals surface area contributed by atoms with E-state index in [1.807, 2.05) is 6.92 Å². The van der Waals surface area contributed by atoms with Crippen LogP contribution in [0.1, 0.15) is 20.3 Å². The van der Waals surface area contributed by atoms with Crippen LogP contribution in [0.25, 0.3) is 0 Å². The Bertz CT molecular complexity index is 121. The molecule has 0 bridgehead atoms. The number of carbonyl (C=O) groups is 1. The lowest BCUT2D eigenvalue weighted by Crippen LogP contribution is -2.41. The Morgan fingerprint density at radius 3 is 2.45 bits per heavy atom. The van der Waals surface area contributed by atoms with Crippen molar-refractivity contribution in [1.82, 2.24) is 5.32 Å². The molecule has 0 aliphatic rings. The topological polar surface area (TPSA) is 69.6 Å². The molecule has 3 N–H and O–H groups in total. The van der Waals surface area contributed by atoms with Crippen LogP contribution in [0.5, 0.6) is 0 Å². The van der Waals surface area contributed by atoms with Crippen molar-refractivity contribution in [2.75, 3.05) is 6.61 Å². The summed E-state index contributed by atoms with van der Waals surface area (Å²) in [6.07, 6.45) is -0.342. The van der Waals surface area contributed by atoms with E-state index in [1.54, 1.807) is 0 Å². The van der Waals surface area contributed by atoms with E-state index in [-0.39, 0.29) is 12.6 Å². The molecule has 11 heavy (non-hydrogen) atoms. The van der Waals surface area contributed by atoms with Crippen molar-refractivity contribution < 1.29 is 15.0 Å². The quantitative estimate of drug-likeness (QED) is 0.508. The van der Waals surface area contributed by atoms with Crippen LogP contribution in [0.15, 0.2) is 0 Å². The fourth-order valence-corrected chi connectivity index (χ4v) is 0.599. The van der Waals surface area contributed by atoms with Crippen molar-refractivity contribution in [3.05, 3.63) is 0 Å². The Balaban J connectivity index is 3.72. The molecular formula is C7H15NO3. The third-order valence-corrected chi connectivity index (χ3v) is 1.44. The molecule has 0 aromatic carbocycles. The summed E-state index contributed by atoms with van der Waals surface area (Å²) in [7, 11) is 0. The van der Waals surface area contributed by atoms with Crippen LogP contribution < -0.4 is 5.32 Å². The molecule has 2 atom stereocenters. The van der Waals surface area contributed by atoms with E-state index < -0.39 is 12.0 Å². The minimum atomic E-state index is -1.00. The van der Waals surface area contributed by atoms with E-state index >= 15 is 0 Å². The molecule has 0 aliphatic heterocycles. The van der Waals surface area contributed by atoms with Crippen molar-refractivity contribution >= 4 is 5.91 Å². The first-order valence-corrected chi connectivity index (χ1v) is 3.71. The molecule has 1 amide bonds. The SMILES string of the molecule is CCC(CO)NC(=O)C(C)O. The van der Waals surface area contributed by atoms with E-state index in [4.69, 9.17) is 10.2 Å². The average molecular weight is 161 g/mol. The lowest BCUT2D eigenvalue weighted by Gasteiger charge is -2.14. The molecule has 0 fully saturated rings. The first-order chi connectivity index (χ1) is 5.11. The van der Waals surface area contributed by atoms with Crippen LogP contribution in [-0.2, 0) is 4.79 Å². The van der Waals surface area contributed by atoms with E-state index in [2.05, 4.69) is 5.32 Å². The second-order valence-corrected chi connectivity index (χ2v) is 2.47. The lowest BCUT2D eigenvalue weighted by molar-refractivity contribution is -0.129. The van der Waals surface area contributed by atoms with Gasteiger partial charge in [-0.1, -0.05) is 6.92 Å². The molecule has 0 saturated heterocycles. The van der Waals surface area contributed by atoms with Gasteiger partial charge < -0.3 is 15.5 Å². The highest BCUT2D eigenvalue weighted by atomic mass is 16.3. The lowest BCUT2D eigenvalue weighted by atomic mass is 10.2. The van der Waals surface area contributed by atoms with Gasteiger partial charge in [-0.05, 0) is 13.3 Å². The molecule has 4 heteroatoms. The molecule has 4 nitrogen and oxygen atoms in total. The van der Waals surface area contributed by atoms with Gasteiger partial charge in [0.15, 0.2) is 0 Å². The monoisotopic (exact) mass is 161 g/mol. The molecule has 0 aliphatic carbocycles. The minimum Gasteiger partial charge on any atom is -0.394 e. The zero-order chi connectivity index (χ0) is 8.85. The number of hydrogen-bond donors (Lipinski definition) is 3. The van der Waals surface area contributed by atoms with Gasteiger partial charge in [-0.3, -0.25) is 4.79 Å². The normalized spacial score (nSPS) is 15.6. The van der Waals surface area contributed by atoms with Crippen molar-refractivity contribution in [3.8, 4) is 0 Å². The molecule has 0 rings (SSSR count). The van der Waals surface area contributed by atoms with Crippen LogP contribution in [0, 0.1) is 0 Å². The molecule has 66 valence electrons. The zero-order valence-corrected chi connectivity index (χ0v) is 6.87. The summed E-state index contributed by atoms with van der Waals surface area (Å²) >= 11 is 0. The smallest absolute Gasteiger partial charge is 0.248 e. The Morgan fingerprint density at radius 1 is 1.64 bits per heavy atom. The van der Waals surface area contributed by atoms with Crippen LogP contribution in [-0.4, -0.2) is 34.9 Å². The average Bonchev–Trinajstić information content (AvgIpc) is 1.99. The molecule has 0 saturated carbocycles. The highest BCUT2D eigenvalue weighted by Crippen LogP contribution is 1.90. The molecule has 0 aromatic rings. The van der Waals surface area contributed by atoms with E-state index in [1.165, 1.54) is 6.92 Å². The fraction of sp³-hybridized carbons (Fsp3) is 0.857. The molecular weight excluding hydrogens is 146 g/mol. The number of amides is 1. The number of nitrogens with one attached hydrogen (secondary N) is 1. The van der Waals surface area contributed by atoms with Crippen molar-refractivity contribution in [2.45, 2.75) is 32.4 Å². The van der Waals surface area contributed by atoms with Crippen molar-refractivity contribution in [2.24, 2.45) is 0 Å². The summed E-state index contributed by atoms with van der Waals surface area (Å²) in [4.78, 5) is 10.8. The van der Waals surface area contributed by atoms with E-state index in [0.29, 0.717) is 6.42 Å². The van der Waals surface area contributed by atoms with Crippen LogP contribution in [0.3, 0.4) is 0 Å². The summed E-state index contributed by atoms with van der Waals surface area (Å²) < 4.78 is 0. The second kappa shape index (κ2) is 5.09. The van der Waals surface area contributed by atoms with Crippen molar-refractivity contribution in [1.29, 1.82) is 0 Å². The van der Waals surface area contributed by atoms with Gasteiger partial charge in [-0.25, -0.2) is 0 Å². The van der Waals surface area contributed by atoms with Gasteiger partial charge in [0.2, 0.25) is 5.91 Å².